The maximum atomic E-state index is 11.2. The van der Waals surface area contributed by atoms with Gasteiger partial charge in [-0.25, -0.2) is 13.6 Å². The van der Waals surface area contributed by atoms with Gasteiger partial charge in [0.2, 0.25) is 0 Å². The van der Waals surface area contributed by atoms with E-state index >= 15 is 0 Å². The Labute approximate surface area is 113 Å². The molecule has 0 radical (unpaired) electrons. The highest BCUT2D eigenvalue weighted by molar-refractivity contribution is 7.89. The van der Waals surface area contributed by atoms with Crippen LogP contribution in [0.2, 0.25) is 10.0 Å². The lowest BCUT2D eigenvalue weighted by Crippen LogP contribution is -2.17. The number of primary sulfonamides is 1. The highest BCUT2D eigenvalue weighted by Gasteiger charge is 2.21. The molecule has 0 atom stereocenters. The molecule has 1 aromatic carbocycles. The van der Waals surface area contributed by atoms with Gasteiger partial charge in [-0.3, -0.25) is 4.57 Å². The lowest BCUT2D eigenvalue weighted by Gasteiger charge is -2.05. The van der Waals surface area contributed by atoms with Crippen LogP contribution in [0.4, 0.5) is 0 Å². The van der Waals surface area contributed by atoms with Crippen LogP contribution in [0.15, 0.2) is 23.4 Å². The molecule has 0 aliphatic carbocycles. The fourth-order valence-electron chi connectivity index (χ4n) is 1.47. The number of benzene rings is 1. The first-order chi connectivity index (χ1) is 8.32. The molecule has 0 aliphatic rings. The van der Waals surface area contributed by atoms with E-state index < -0.39 is 10.0 Å². The Morgan fingerprint density at radius 2 is 1.94 bits per heavy atom. The van der Waals surface area contributed by atoms with E-state index in [0.29, 0.717) is 10.6 Å². The molecule has 0 saturated heterocycles. The number of nitrogens with zero attached hydrogens (tertiary/aromatic N) is 3. The van der Waals surface area contributed by atoms with Gasteiger partial charge in [-0.1, -0.05) is 29.3 Å². The standard InChI is InChI=1S/C9H8Cl2N4O2S/c1-15-8(13-14-9(15)18(12,16)17)5-3-2-4-6(10)7(5)11/h2-4H,1H3,(H2,12,16,17). The van der Waals surface area contributed by atoms with E-state index in [-0.39, 0.29) is 16.0 Å². The third-order valence-electron chi connectivity index (χ3n) is 2.28. The maximum absolute atomic E-state index is 11.2. The number of nitrogens with two attached hydrogens (primary N) is 1. The van der Waals surface area contributed by atoms with E-state index in [9.17, 15) is 8.42 Å². The monoisotopic (exact) mass is 306 g/mol. The number of rotatable bonds is 2. The number of aromatic nitrogens is 3. The van der Waals surface area contributed by atoms with Crippen LogP contribution in [-0.2, 0) is 17.1 Å². The van der Waals surface area contributed by atoms with E-state index in [4.69, 9.17) is 28.3 Å². The van der Waals surface area contributed by atoms with Crippen LogP contribution in [0.25, 0.3) is 11.4 Å². The minimum atomic E-state index is -3.93. The molecule has 2 aromatic rings. The molecule has 18 heavy (non-hydrogen) atoms. The van der Waals surface area contributed by atoms with Crippen LogP contribution in [0.3, 0.4) is 0 Å². The lowest BCUT2D eigenvalue weighted by molar-refractivity contribution is 0.580. The van der Waals surface area contributed by atoms with Crippen LogP contribution in [0.5, 0.6) is 0 Å². The van der Waals surface area contributed by atoms with Crippen molar-refractivity contribution in [1.29, 1.82) is 0 Å². The molecule has 2 rings (SSSR count). The van der Waals surface area contributed by atoms with Gasteiger partial charge in [0.25, 0.3) is 15.2 Å². The zero-order valence-corrected chi connectivity index (χ0v) is 11.5. The lowest BCUT2D eigenvalue weighted by atomic mass is 10.2. The molecule has 1 heterocycles. The van der Waals surface area contributed by atoms with Gasteiger partial charge >= 0.3 is 0 Å². The summed E-state index contributed by atoms with van der Waals surface area (Å²) in [5.41, 5.74) is 0.481. The Bertz CT molecular complexity index is 711. The van der Waals surface area contributed by atoms with E-state index in [1.165, 1.54) is 11.6 Å². The van der Waals surface area contributed by atoms with Gasteiger partial charge in [0.05, 0.1) is 10.0 Å². The second kappa shape index (κ2) is 4.51. The van der Waals surface area contributed by atoms with E-state index in [2.05, 4.69) is 10.2 Å². The summed E-state index contributed by atoms with van der Waals surface area (Å²) in [4.78, 5) is 0. The molecule has 1 aromatic heterocycles. The maximum Gasteiger partial charge on any atom is 0.273 e. The third kappa shape index (κ3) is 2.22. The number of hydrogen-bond donors (Lipinski definition) is 1. The van der Waals surface area contributed by atoms with Crippen molar-refractivity contribution in [2.24, 2.45) is 12.2 Å². The SMILES string of the molecule is Cn1c(-c2cccc(Cl)c2Cl)nnc1S(N)(=O)=O. The van der Waals surface area contributed by atoms with Crippen molar-refractivity contribution in [3.8, 4) is 11.4 Å². The van der Waals surface area contributed by atoms with Crippen molar-refractivity contribution in [2.45, 2.75) is 5.16 Å². The summed E-state index contributed by atoms with van der Waals surface area (Å²) in [5.74, 6) is 0.270. The number of halogens is 2. The molecule has 0 saturated carbocycles. The summed E-state index contributed by atoms with van der Waals surface area (Å²) in [6, 6.07) is 4.95. The molecule has 0 amide bonds. The second-order valence-electron chi connectivity index (χ2n) is 3.51. The minimum absolute atomic E-state index is 0.270. The summed E-state index contributed by atoms with van der Waals surface area (Å²) in [6.07, 6.45) is 0. The quantitative estimate of drug-likeness (QED) is 0.908. The second-order valence-corrected chi connectivity index (χ2v) is 5.75. The number of sulfonamides is 1. The minimum Gasteiger partial charge on any atom is -0.300 e. The topological polar surface area (TPSA) is 90.9 Å². The molecule has 96 valence electrons. The van der Waals surface area contributed by atoms with Crippen LogP contribution < -0.4 is 5.14 Å². The van der Waals surface area contributed by atoms with E-state index in [0.717, 1.165) is 0 Å². The van der Waals surface area contributed by atoms with Crippen molar-refractivity contribution < 1.29 is 8.42 Å². The molecule has 0 unspecified atom stereocenters. The Morgan fingerprint density at radius 1 is 1.28 bits per heavy atom. The van der Waals surface area contributed by atoms with Crippen molar-refractivity contribution in [3.05, 3.63) is 28.2 Å². The van der Waals surface area contributed by atoms with Crippen molar-refractivity contribution in [3.63, 3.8) is 0 Å². The average molecular weight is 307 g/mol. The van der Waals surface area contributed by atoms with Crippen LogP contribution in [0, 0.1) is 0 Å². The smallest absolute Gasteiger partial charge is 0.273 e. The Morgan fingerprint density at radius 3 is 2.50 bits per heavy atom. The summed E-state index contributed by atoms with van der Waals surface area (Å²) in [7, 11) is -2.45. The zero-order valence-electron chi connectivity index (χ0n) is 9.13. The molecule has 0 spiro atoms. The predicted octanol–water partition coefficient (Wildman–Crippen LogP) is 1.44. The predicted molar refractivity (Wildman–Crippen MR) is 67.8 cm³/mol. The first-order valence-corrected chi connectivity index (χ1v) is 6.99. The highest BCUT2D eigenvalue weighted by atomic mass is 35.5. The van der Waals surface area contributed by atoms with Gasteiger partial charge in [-0.2, -0.15) is 0 Å². The van der Waals surface area contributed by atoms with Gasteiger partial charge in [0.1, 0.15) is 0 Å². The molecule has 0 bridgehead atoms. The van der Waals surface area contributed by atoms with Crippen LogP contribution in [-0.4, -0.2) is 23.2 Å². The van der Waals surface area contributed by atoms with Gasteiger partial charge < -0.3 is 0 Å². The molecule has 6 nitrogen and oxygen atoms in total. The molecular weight excluding hydrogens is 299 g/mol. The average Bonchev–Trinajstić information content (AvgIpc) is 2.64. The van der Waals surface area contributed by atoms with Gasteiger partial charge in [-0.05, 0) is 12.1 Å². The molecule has 0 fully saturated rings. The highest BCUT2D eigenvalue weighted by Crippen LogP contribution is 2.32. The van der Waals surface area contributed by atoms with E-state index in [1.807, 2.05) is 0 Å². The first-order valence-electron chi connectivity index (χ1n) is 4.69. The fraction of sp³-hybridized carbons (Fsp3) is 0.111. The van der Waals surface area contributed by atoms with Gasteiger partial charge in [-0.15, -0.1) is 10.2 Å². The van der Waals surface area contributed by atoms with Crippen LogP contribution >= 0.6 is 23.2 Å². The van der Waals surface area contributed by atoms with Gasteiger partial charge in [0, 0.05) is 12.6 Å². The Hall–Kier alpha value is -1.15. The van der Waals surface area contributed by atoms with Gasteiger partial charge in [0.15, 0.2) is 5.82 Å². The third-order valence-corrected chi connectivity index (χ3v) is 3.97. The molecular formula is C9H8Cl2N4O2S. The molecule has 9 heteroatoms. The fourth-order valence-corrected chi connectivity index (χ4v) is 2.48. The van der Waals surface area contributed by atoms with Crippen molar-refractivity contribution in [1.82, 2.24) is 14.8 Å². The van der Waals surface area contributed by atoms with Crippen LogP contribution in [0.1, 0.15) is 0 Å². The van der Waals surface area contributed by atoms with Crippen molar-refractivity contribution in [2.75, 3.05) is 0 Å². The summed E-state index contributed by atoms with van der Waals surface area (Å²) in [6.45, 7) is 0. The molecule has 2 N–H and O–H groups in total. The normalized spacial score (nSPS) is 11.8. The molecule has 0 aliphatic heterocycles. The summed E-state index contributed by atoms with van der Waals surface area (Å²) >= 11 is 11.9. The Kier molecular flexibility index (Phi) is 3.33. The van der Waals surface area contributed by atoms with Crippen molar-refractivity contribution >= 4 is 33.2 Å². The Balaban J connectivity index is 2.67. The first kappa shape index (κ1) is 13.3. The zero-order chi connectivity index (χ0) is 13.5. The number of hydrogen-bond acceptors (Lipinski definition) is 4. The van der Waals surface area contributed by atoms with E-state index in [1.54, 1.807) is 18.2 Å². The summed E-state index contributed by atoms with van der Waals surface area (Å²) < 4.78 is 23.7. The summed E-state index contributed by atoms with van der Waals surface area (Å²) in [5, 5.41) is 12.6. The largest absolute Gasteiger partial charge is 0.300 e.